The first kappa shape index (κ1) is 9.23. The minimum atomic E-state index is 0.0896. The third-order valence-electron chi connectivity index (χ3n) is 3.24. The average Bonchev–Trinajstić information content (AvgIpc) is 2.98. The lowest BCUT2D eigenvalue weighted by atomic mass is 9.86. The Morgan fingerprint density at radius 3 is 2.57 bits per heavy atom. The third kappa shape index (κ3) is 1.21. The largest absolute Gasteiger partial charge is 0.327 e. The van der Waals surface area contributed by atoms with Gasteiger partial charge in [0.2, 0.25) is 0 Å². The maximum atomic E-state index is 9.00. The van der Waals surface area contributed by atoms with Crippen LogP contribution in [0.1, 0.15) is 30.9 Å². The summed E-state index contributed by atoms with van der Waals surface area (Å²) in [5.74, 6) is 0. The topological polar surface area (TPSA) is 49.8 Å². The maximum Gasteiger partial charge on any atom is 0.0994 e. The molecule has 1 aromatic rings. The SMILES string of the molecule is CC(N)C1(c2ccccc2C#N)CC1. The van der Waals surface area contributed by atoms with Gasteiger partial charge in [-0.1, -0.05) is 18.2 Å². The standard InChI is InChI=1S/C12H14N2/c1-9(14)12(6-7-12)11-5-3-2-4-10(11)8-13/h2-5,9H,6-7,14H2,1H3. The Morgan fingerprint density at radius 1 is 1.43 bits per heavy atom. The predicted octanol–water partition coefficient (Wildman–Crippen LogP) is 1.94. The van der Waals surface area contributed by atoms with E-state index in [2.05, 4.69) is 6.07 Å². The molecule has 0 saturated heterocycles. The van der Waals surface area contributed by atoms with Crippen LogP contribution in [0.3, 0.4) is 0 Å². The molecule has 1 aliphatic carbocycles. The van der Waals surface area contributed by atoms with Gasteiger partial charge in [0.25, 0.3) is 0 Å². The lowest BCUT2D eigenvalue weighted by Gasteiger charge is -2.20. The minimum absolute atomic E-state index is 0.0896. The highest BCUT2D eigenvalue weighted by Gasteiger charge is 2.48. The summed E-state index contributed by atoms with van der Waals surface area (Å²) < 4.78 is 0. The van der Waals surface area contributed by atoms with Crippen LogP contribution in [0.5, 0.6) is 0 Å². The van der Waals surface area contributed by atoms with Gasteiger partial charge in [-0.05, 0) is 31.4 Å². The van der Waals surface area contributed by atoms with Gasteiger partial charge in [0.15, 0.2) is 0 Å². The first-order valence-electron chi connectivity index (χ1n) is 4.96. The summed E-state index contributed by atoms with van der Waals surface area (Å²) in [6.45, 7) is 2.03. The van der Waals surface area contributed by atoms with E-state index >= 15 is 0 Å². The van der Waals surface area contributed by atoms with Gasteiger partial charge < -0.3 is 5.73 Å². The number of nitriles is 1. The van der Waals surface area contributed by atoms with E-state index in [0.29, 0.717) is 0 Å². The number of nitrogens with two attached hydrogens (primary N) is 1. The molecule has 1 unspecified atom stereocenters. The van der Waals surface area contributed by atoms with Crippen molar-refractivity contribution in [3.8, 4) is 6.07 Å². The first-order chi connectivity index (χ1) is 6.70. The molecule has 2 nitrogen and oxygen atoms in total. The summed E-state index contributed by atoms with van der Waals surface area (Å²) in [4.78, 5) is 0. The Hall–Kier alpha value is -1.33. The molecule has 0 amide bonds. The molecule has 2 rings (SSSR count). The van der Waals surface area contributed by atoms with E-state index in [1.165, 1.54) is 0 Å². The number of rotatable bonds is 2. The van der Waals surface area contributed by atoms with E-state index in [1.807, 2.05) is 31.2 Å². The Labute approximate surface area is 84.3 Å². The molecule has 0 heterocycles. The quantitative estimate of drug-likeness (QED) is 0.767. The van der Waals surface area contributed by atoms with Gasteiger partial charge in [-0.2, -0.15) is 5.26 Å². The molecule has 1 fully saturated rings. The molecule has 72 valence electrons. The normalized spacial score (nSPS) is 19.8. The Morgan fingerprint density at radius 2 is 2.07 bits per heavy atom. The average molecular weight is 186 g/mol. The molecule has 1 aromatic carbocycles. The highest BCUT2D eigenvalue weighted by Crippen LogP contribution is 2.51. The van der Waals surface area contributed by atoms with Crippen molar-refractivity contribution >= 4 is 0 Å². The van der Waals surface area contributed by atoms with E-state index in [4.69, 9.17) is 11.0 Å². The van der Waals surface area contributed by atoms with E-state index in [-0.39, 0.29) is 11.5 Å². The second-order valence-corrected chi connectivity index (χ2v) is 4.10. The number of hydrogen-bond acceptors (Lipinski definition) is 2. The molecule has 0 bridgehead atoms. The molecule has 0 spiro atoms. The molecule has 1 saturated carbocycles. The van der Waals surface area contributed by atoms with Crippen molar-refractivity contribution in [1.82, 2.24) is 0 Å². The zero-order valence-electron chi connectivity index (χ0n) is 8.33. The van der Waals surface area contributed by atoms with Gasteiger partial charge >= 0.3 is 0 Å². The van der Waals surface area contributed by atoms with Gasteiger partial charge in [0.05, 0.1) is 11.6 Å². The van der Waals surface area contributed by atoms with Crippen LogP contribution in [0.15, 0.2) is 24.3 Å². The van der Waals surface area contributed by atoms with Crippen molar-refractivity contribution in [2.45, 2.75) is 31.2 Å². The number of nitrogens with zero attached hydrogens (tertiary/aromatic N) is 1. The fourth-order valence-corrected chi connectivity index (χ4v) is 2.12. The fourth-order valence-electron chi connectivity index (χ4n) is 2.12. The number of benzene rings is 1. The molecular weight excluding hydrogens is 172 g/mol. The van der Waals surface area contributed by atoms with Crippen molar-refractivity contribution in [2.24, 2.45) is 5.73 Å². The van der Waals surface area contributed by atoms with Gasteiger partial charge in [-0.15, -0.1) is 0 Å². The van der Waals surface area contributed by atoms with Crippen molar-refractivity contribution in [2.75, 3.05) is 0 Å². The van der Waals surface area contributed by atoms with Crippen LogP contribution >= 0.6 is 0 Å². The summed E-state index contributed by atoms with van der Waals surface area (Å²) in [5, 5.41) is 9.00. The lowest BCUT2D eigenvalue weighted by Crippen LogP contribution is -2.32. The Kier molecular flexibility index (Phi) is 2.05. The summed E-state index contributed by atoms with van der Waals surface area (Å²) in [7, 11) is 0. The zero-order chi connectivity index (χ0) is 10.2. The van der Waals surface area contributed by atoms with Crippen LogP contribution < -0.4 is 5.73 Å². The fraction of sp³-hybridized carbons (Fsp3) is 0.417. The smallest absolute Gasteiger partial charge is 0.0994 e. The van der Waals surface area contributed by atoms with Crippen molar-refractivity contribution in [3.05, 3.63) is 35.4 Å². The van der Waals surface area contributed by atoms with Crippen LogP contribution in [0.2, 0.25) is 0 Å². The summed E-state index contributed by atoms with van der Waals surface area (Å²) in [6, 6.07) is 10.2. The zero-order valence-corrected chi connectivity index (χ0v) is 8.33. The molecule has 0 radical (unpaired) electrons. The highest BCUT2D eigenvalue weighted by atomic mass is 14.7. The van der Waals surface area contributed by atoms with E-state index in [0.717, 1.165) is 24.0 Å². The van der Waals surface area contributed by atoms with Crippen LogP contribution in [0.4, 0.5) is 0 Å². The summed E-state index contributed by atoms with van der Waals surface area (Å²) in [5.41, 5.74) is 7.98. The van der Waals surface area contributed by atoms with Crippen molar-refractivity contribution in [3.63, 3.8) is 0 Å². The Balaban J connectivity index is 2.47. The molecule has 1 atom stereocenters. The molecule has 0 aliphatic heterocycles. The van der Waals surface area contributed by atoms with Crippen molar-refractivity contribution < 1.29 is 0 Å². The summed E-state index contributed by atoms with van der Waals surface area (Å²) in [6.07, 6.45) is 2.23. The van der Waals surface area contributed by atoms with Crippen LogP contribution in [0, 0.1) is 11.3 Å². The number of hydrogen-bond donors (Lipinski definition) is 1. The maximum absolute atomic E-state index is 9.00. The second-order valence-electron chi connectivity index (χ2n) is 4.10. The highest BCUT2D eigenvalue weighted by molar-refractivity contribution is 5.46. The van der Waals surface area contributed by atoms with Gasteiger partial charge in [0, 0.05) is 11.5 Å². The first-order valence-corrected chi connectivity index (χ1v) is 4.96. The lowest BCUT2D eigenvalue weighted by molar-refractivity contribution is 0.555. The van der Waals surface area contributed by atoms with E-state index in [1.54, 1.807) is 0 Å². The van der Waals surface area contributed by atoms with Gasteiger partial charge in [0.1, 0.15) is 0 Å². The second kappa shape index (κ2) is 3.11. The van der Waals surface area contributed by atoms with Crippen molar-refractivity contribution in [1.29, 1.82) is 5.26 Å². The van der Waals surface area contributed by atoms with Gasteiger partial charge in [-0.3, -0.25) is 0 Å². The molecule has 14 heavy (non-hydrogen) atoms. The Bertz CT molecular complexity index is 384. The third-order valence-corrected chi connectivity index (χ3v) is 3.24. The molecule has 2 N–H and O–H groups in total. The molecule has 1 aliphatic rings. The van der Waals surface area contributed by atoms with Crippen LogP contribution in [-0.4, -0.2) is 6.04 Å². The van der Waals surface area contributed by atoms with E-state index in [9.17, 15) is 0 Å². The van der Waals surface area contributed by atoms with Crippen LogP contribution in [-0.2, 0) is 5.41 Å². The van der Waals surface area contributed by atoms with E-state index < -0.39 is 0 Å². The predicted molar refractivity (Wildman–Crippen MR) is 55.7 cm³/mol. The van der Waals surface area contributed by atoms with Crippen LogP contribution in [0.25, 0.3) is 0 Å². The monoisotopic (exact) mass is 186 g/mol. The molecular formula is C12H14N2. The molecule has 0 aromatic heterocycles. The summed E-state index contributed by atoms with van der Waals surface area (Å²) >= 11 is 0. The molecule has 2 heteroatoms. The minimum Gasteiger partial charge on any atom is -0.327 e. The van der Waals surface area contributed by atoms with Gasteiger partial charge in [-0.25, -0.2) is 0 Å².